The molecule has 0 saturated carbocycles. The number of aromatic nitrogens is 2. The third kappa shape index (κ3) is 2.56. The minimum Gasteiger partial charge on any atom is -0.348 e. The van der Waals surface area contributed by atoms with Gasteiger partial charge in [-0.2, -0.15) is 0 Å². The lowest BCUT2D eigenvalue weighted by Gasteiger charge is -2.35. The number of hydrogen-bond acceptors (Lipinski definition) is 4. The largest absolute Gasteiger partial charge is 0.348 e. The lowest BCUT2D eigenvalue weighted by atomic mass is 9.95. The molecule has 3 amide bonds. The van der Waals surface area contributed by atoms with E-state index in [4.69, 9.17) is 0 Å². The Morgan fingerprint density at radius 1 is 1.25 bits per heavy atom. The van der Waals surface area contributed by atoms with Crippen LogP contribution in [0.2, 0.25) is 0 Å². The zero-order valence-electron chi connectivity index (χ0n) is 13.2. The van der Waals surface area contributed by atoms with E-state index >= 15 is 0 Å². The molecule has 1 saturated heterocycles. The number of carbonyl (C=O) groups is 2. The zero-order chi connectivity index (χ0) is 16.5. The molecule has 124 valence electrons. The number of hydrogen-bond donors (Lipinski definition) is 2. The van der Waals surface area contributed by atoms with E-state index in [0.717, 1.165) is 29.9 Å². The SMILES string of the molecule is O=C(CN1CCc2[nH]cnc2C1c1ccccc1)N1CCNC1=O. The molecule has 7 nitrogen and oxygen atoms in total. The number of fused-ring (bicyclic) bond motifs is 1. The first-order valence-electron chi connectivity index (χ1n) is 8.13. The first kappa shape index (κ1) is 14.9. The quantitative estimate of drug-likeness (QED) is 0.879. The van der Waals surface area contributed by atoms with Crippen molar-refractivity contribution in [2.75, 3.05) is 26.2 Å². The Balaban J connectivity index is 1.62. The summed E-state index contributed by atoms with van der Waals surface area (Å²) in [5, 5.41) is 2.67. The maximum atomic E-state index is 12.5. The molecule has 2 N–H and O–H groups in total. The smallest absolute Gasteiger partial charge is 0.324 e. The summed E-state index contributed by atoms with van der Waals surface area (Å²) < 4.78 is 0. The van der Waals surface area contributed by atoms with E-state index in [-0.39, 0.29) is 24.5 Å². The molecule has 0 bridgehead atoms. The molecule has 4 rings (SSSR count). The number of aromatic amines is 1. The number of benzene rings is 1. The maximum Gasteiger partial charge on any atom is 0.324 e. The van der Waals surface area contributed by atoms with Crippen LogP contribution in [0.4, 0.5) is 4.79 Å². The maximum absolute atomic E-state index is 12.5. The average Bonchev–Trinajstić information content (AvgIpc) is 3.24. The van der Waals surface area contributed by atoms with Gasteiger partial charge in [0.15, 0.2) is 0 Å². The second kappa shape index (κ2) is 6.09. The topological polar surface area (TPSA) is 81.3 Å². The van der Waals surface area contributed by atoms with Crippen LogP contribution in [-0.2, 0) is 11.2 Å². The second-order valence-corrected chi connectivity index (χ2v) is 6.08. The summed E-state index contributed by atoms with van der Waals surface area (Å²) in [6.45, 7) is 1.92. The molecule has 3 heterocycles. The van der Waals surface area contributed by atoms with Gasteiger partial charge in [-0.25, -0.2) is 9.78 Å². The molecule has 24 heavy (non-hydrogen) atoms. The molecule has 2 aliphatic heterocycles. The van der Waals surface area contributed by atoms with Crippen LogP contribution in [0.25, 0.3) is 0 Å². The van der Waals surface area contributed by atoms with Gasteiger partial charge >= 0.3 is 6.03 Å². The van der Waals surface area contributed by atoms with Gasteiger partial charge in [-0.1, -0.05) is 30.3 Å². The van der Waals surface area contributed by atoms with Gasteiger partial charge in [0.1, 0.15) is 0 Å². The van der Waals surface area contributed by atoms with Crippen molar-refractivity contribution in [1.82, 2.24) is 25.1 Å². The van der Waals surface area contributed by atoms with Crippen LogP contribution in [0.15, 0.2) is 36.7 Å². The van der Waals surface area contributed by atoms with Gasteiger partial charge < -0.3 is 10.3 Å². The minimum atomic E-state index is -0.297. The Hall–Kier alpha value is -2.67. The number of rotatable bonds is 3. The van der Waals surface area contributed by atoms with Gasteiger partial charge in [-0.3, -0.25) is 14.6 Å². The van der Waals surface area contributed by atoms with Gasteiger partial charge in [0, 0.05) is 31.7 Å². The summed E-state index contributed by atoms with van der Waals surface area (Å²) >= 11 is 0. The van der Waals surface area contributed by atoms with Gasteiger partial charge in [0.05, 0.1) is 24.6 Å². The van der Waals surface area contributed by atoms with E-state index in [1.807, 2.05) is 18.2 Å². The predicted octanol–water partition coefficient (Wildman–Crippen LogP) is 0.909. The Morgan fingerprint density at radius 3 is 2.83 bits per heavy atom. The van der Waals surface area contributed by atoms with E-state index < -0.39 is 0 Å². The zero-order valence-corrected chi connectivity index (χ0v) is 13.2. The molecule has 0 aliphatic carbocycles. The Bertz CT molecular complexity index is 757. The van der Waals surface area contributed by atoms with Crippen LogP contribution < -0.4 is 5.32 Å². The molecule has 2 aliphatic rings. The van der Waals surface area contributed by atoms with Gasteiger partial charge in [-0.05, 0) is 5.56 Å². The highest BCUT2D eigenvalue weighted by molar-refractivity contribution is 5.96. The van der Waals surface area contributed by atoms with Crippen molar-refractivity contribution in [3.05, 3.63) is 53.6 Å². The van der Waals surface area contributed by atoms with E-state index in [1.54, 1.807) is 6.33 Å². The van der Waals surface area contributed by atoms with Crippen molar-refractivity contribution in [3.8, 4) is 0 Å². The average molecular weight is 325 g/mol. The van der Waals surface area contributed by atoms with Gasteiger partial charge in [0.25, 0.3) is 0 Å². The number of carbonyl (C=O) groups excluding carboxylic acids is 2. The third-order valence-electron chi connectivity index (χ3n) is 4.64. The standard InChI is InChI=1S/C17H19N5O2/c23-14(22-9-7-18-17(22)24)10-21-8-6-13-15(20-11-19-13)16(21)12-4-2-1-3-5-12/h1-5,11,16H,6-10H2,(H,18,24)(H,19,20). The number of nitrogens with zero attached hydrogens (tertiary/aromatic N) is 3. The molecule has 1 unspecified atom stereocenters. The summed E-state index contributed by atoms with van der Waals surface area (Å²) in [4.78, 5) is 35.3. The number of H-pyrrole nitrogens is 1. The summed E-state index contributed by atoms with van der Waals surface area (Å²) in [5.41, 5.74) is 3.18. The van der Waals surface area contributed by atoms with Crippen molar-refractivity contribution < 1.29 is 9.59 Å². The Labute approximate surface area is 139 Å². The lowest BCUT2D eigenvalue weighted by Crippen LogP contribution is -2.45. The third-order valence-corrected chi connectivity index (χ3v) is 4.64. The summed E-state index contributed by atoms with van der Waals surface area (Å²) in [6.07, 6.45) is 2.53. The van der Waals surface area contributed by atoms with Crippen LogP contribution >= 0.6 is 0 Å². The van der Waals surface area contributed by atoms with Crippen molar-refractivity contribution >= 4 is 11.9 Å². The predicted molar refractivity (Wildman–Crippen MR) is 87.3 cm³/mol. The molecule has 1 atom stereocenters. The number of imide groups is 1. The molecule has 1 fully saturated rings. The van der Waals surface area contributed by atoms with E-state index in [9.17, 15) is 9.59 Å². The molecule has 1 aromatic carbocycles. The fourth-order valence-electron chi connectivity index (χ4n) is 3.47. The first-order valence-corrected chi connectivity index (χ1v) is 8.13. The van der Waals surface area contributed by atoms with Crippen LogP contribution in [0.3, 0.4) is 0 Å². The summed E-state index contributed by atoms with van der Waals surface area (Å²) in [5.74, 6) is -0.162. The first-order chi connectivity index (χ1) is 11.7. The van der Waals surface area contributed by atoms with Crippen LogP contribution in [0, 0.1) is 0 Å². The summed E-state index contributed by atoms with van der Waals surface area (Å²) in [6, 6.07) is 9.68. The monoisotopic (exact) mass is 325 g/mol. The fraction of sp³-hybridized carbons (Fsp3) is 0.353. The highest BCUT2D eigenvalue weighted by Crippen LogP contribution is 2.33. The van der Waals surface area contributed by atoms with Gasteiger partial charge in [-0.15, -0.1) is 0 Å². The fourth-order valence-corrected chi connectivity index (χ4v) is 3.47. The van der Waals surface area contributed by atoms with E-state index in [2.05, 4.69) is 32.3 Å². The van der Waals surface area contributed by atoms with Crippen LogP contribution in [0.5, 0.6) is 0 Å². The molecule has 0 spiro atoms. The second-order valence-electron chi connectivity index (χ2n) is 6.08. The molecular weight excluding hydrogens is 306 g/mol. The van der Waals surface area contributed by atoms with Crippen molar-refractivity contribution in [1.29, 1.82) is 0 Å². The van der Waals surface area contributed by atoms with Gasteiger partial charge in [0.2, 0.25) is 5.91 Å². The van der Waals surface area contributed by atoms with Crippen molar-refractivity contribution in [2.45, 2.75) is 12.5 Å². The molecule has 0 radical (unpaired) electrons. The van der Waals surface area contributed by atoms with E-state index in [1.165, 1.54) is 4.90 Å². The highest BCUT2D eigenvalue weighted by Gasteiger charge is 2.34. The Kier molecular flexibility index (Phi) is 3.78. The Morgan fingerprint density at radius 2 is 2.08 bits per heavy atom. The minimum absolute atomic E-state index is 0.0733. The van der Waals surface area contributed by atoms with Crippen LogP contribution in [0.1, 0.15) is 23.0 Å². The molecular formula is C17H19N5O2. The molecule has 2 aromatic rings. The van der Waals surface area contributed by atoms with Crippen molar-refractivity contribution in [3.63, 3.8) is 0 Å². The van der Waals surface area contributed by atoms with Crippen LogP contribution in [-0.4, -0.2) is 57.9 Å². The molecule has 7 heteroatoms. The number of urea groups is 1. The number of amides is 3. The highest BCUT2D eigenvalue weighted by atomic mass is 16.2. The normalized spacial score (nSPS) is 20.8. The van der Waals surface area contributed by atoms with Crippen molar-refractivity contribution in [2.24, 2.45) is 0 Å². The lowest BCUT2D eigenvalue weighted by molar-refractivity contribution is -0.129. The number of imidazole rings is 1. The summed E-state index contributed by atoms with van der Waals surface area (Å²) in [7, 11) is 0. The van der Waals surface area contributed by atoms with E-state index in [0.29, 0.717) is 13.1 Å². The number of nitrogens with one attached hydrogen (secondary N) is 2. The molecule has 1 aromatic heterocycles.